The van der Waals surface area contributed by atoms with E-state index in [1.165, 1.54) is 20.3 Å². The Morgan fingerprint density at radius 1 is 1.40 bits per heavy atom. The molecule has 0 aliphatic heterocycles. The fourth-order valence-corrected chi connectivity index (χ4v) is 2.49. The summed E-state index contributed by atoms with van der Waals surface area (Å²) in [4.78, 5) is 11.3. The van der Waals surface area contributed by atoms with Gasteiger partial charge in [0.15, 0.2) is 5.75 Å². The number of carbonyl (C=O) groups is 1. The first kappa shape index (κ1) is 12.3. The standard InChI is InChI=1S/C9H8Br2O4/c1-14-8-5(10)3-4(9(13)15-2)7(12)6(8)11/h3,12H,1-2H3. The van der Waals surface area contributed by atoms with Crippen molar-refractivity contribution < 1.29 is 19.4 Å². The summed E-state index contributed by atoms with van der Waals surface area (Å²) < 4.78 is 10.4. The van der Waals surface area contributed by atoms with Gasteiger partial charge in [0.1, 0.15) is 15.8 Å². The van der Waals surface area contributed by atoms with Crippen LogP contribution in [0.3, 0.4) is 0 Å². The Morgan fingerprint density at radius 3 is 2.47 bits per heavy atom. The molecule has 0 aliphatic rings. The molecule has 0 radical (unpaired) electrons. The summed E-state index contributed by atoms with van der Waals surface area (Å²) in [5.41, 5.74) is 0.0667. The van der Waals surface area contributed by atoms with Gasteiger partial charge in [-0.1, -0.05) is 0 Å². The first-order valence-corrected chi connectivity index (χ1v) is 5.44. The molecule has 0 aromatic heterocycles. The summed E-state index contributed by atoms with van der Waals surface area (Å²) in [6.45, 7) is 0. The van der Waals surface area contributed by atoms with Crippen LogP contribution >= 0.6 is 31.9 Å². The Kier molecular flexibility index (Phi) is 3.98. The van der Waals surface area contributed by atoms with Gasteiger partial charge in [-0.2, -0.15) is 0 Å². The number of aromatic hydroxyl groups is 1. The van der Waals surface area contributed by atoms with Crippen molar-refractivity contribution in [3.8, 4) is 11.5 Å². The van der Waals surface area contributed by atoms with E-state index in [1.807, 2.05) is 0 Å². The average Bonchev–Trinajstić information content (AvgIpc) is 2.23. The predicted octanol–water partition coefficient (Wildman–Crippen LogP) is 2.71. The van der Waals surface area contributed by atoms with E-state index in [1.54, 1.807) is 0 Å². The predicted molar refractivity (Wildman–Crippen MR) is 61.4 cm³/mol. The number of hydrogen-bond donors (Lipinski definition) is 1. The number of methoxy groups -OCH3 is 2. The number of esters is 1. The molecule has 0 bridgehead atoms. The zero-order chi connectivity index (χ0) is 11.6. The maximum atomic E-state index is 11.3. The minimum absolute atomic E-state index is 0.0667. The van der Waals surface area contributed by atoms with Crippen LogP contribution in [-0.4, -0.2) is 25.3 Å². The van der Waals surface area contributed by atoms with Gasteiger partial charge in [0.2, 0.25) is 0 Å². The fourth-order valence-electron chi connectivity index (χ4n) is 1.04. The first-order chi connectivity index (χ1) is 7.02. The molecule has 0 fully saturated rings. The normalized spacial score (nSPS) is 9.87. The third kappa shape index (κ3) is 2.26. The molecule has 4 nitrogen and oxygen atoms in total. The molecule has 1 N–H and O–H groups in total. The molecule has 82 valence electrons. The highest BCUT2D eigenvalue weighted by atomic mass is 79.9. The van der Waals surface area contributed by atoms with Crippen LogP contribution in [0.1, 0.15) is 10.4 Å². The van der Waals surface area contributed by atoms with Crippen LogP contribution < -0.4 is 4.74 Å². The summed E-state index contributed by atoms with van der Waals surface area (Å²) in [6.07, 6.45) is 0. The van der Waals surface area contributed by atoms with Crippen molar-refractivity contribution in [1.29, 1.82) is 0 Å². The highest BCUT2D eigenvalue weighted by Crippen LogP contribution is 2.42. The summed E-state index contributed by atoms with van der Waals surface area (Å²) in [5, 5.41) is 9.69. The van der Waals surface area contributed by atoms with Gasteiger partial charge in [0.05, 0.1) is 18.7 Å². The van der Waals surface area contributed by atoms with Crippen molar-refractivity contribution in [2.24, 2.45) is 0 Å². The zero-order valence-electron chi connectivity index (χ0n) is 8.01. The number of phenolic OH excluding ortho intramolecular Hbond substituents is 1. The van der Waals surface area contributed by atoms with E-state index in [-0.39, 0.29) is 11.3 Å². The van der Waals surface area contributed by atoms with E-state index in [9.17, 15) is 9.90 Å². The molecule has 0 spiro atoms. The quantitative estimate of drug-likeness (QED) is 0.842. The molecule has 15 heavy (non-hydrogen) atoms. The average molecular weight is 340 g/mol. The van der Waals surface area contributed by atoms with Crippen molar-refractivity contribution >= 4 is 37.8 Å². The molecule has 6 heteroatoms. The van der Waals surface area contributed by atoms with Crippen LogP contribution in [0.4, 0.5) is 0 Å². The van der Waals surface area contributed by atoms with Crippen molar-refractivity contribution in [2.75, 3.05) is 14.2 Å². The van der Waals surface area contributed by atoms with Crippen molar-refractivity contribution in [3.05, 3.63) is 20.6 Å². The van der Waals surface area contributed by atoms with Gasteiger partial charge in [-0.25, -0.2) is 4.79 Å². The summed E-state index contributed by atoms with van der Waals surface area (Å²) in [5.74, 6) is -0.404. The highest BCUT2D eigenvalue weighted by molar-refractivity contribution is 9.11. The van der Waals surface area contributed by atoms with E-state index >= 15 is 0 Å². The number of ether oxygens (including phenoxy) is 2. The lowest BCUT2D eigenvalue weighted by molar-refractivity contribution is 0.0597. The molecule has 1 aromatic carbocycles. The Labute approximate surface area is 103 Å². The molecular weight excluding hydrogens is 332 g/mol. The number of halogens is 2. The van der Waals surface area contributed by atoms with Crippen molar-refractivity contribution in [1.82, 2.24) is 0 Å². The Hall–Kier alpha value is -0.750. The fraction of sp³-hybridized carbons (Fsp3) is 0.222. The maximum Gasteiger partial charge on any atom is 0.341 e. The number of phenols is 1. The number of benzene rings is 1. The summed E-state index contributed by atoms with van der Waals surface area (Å²) in [6, 6.07) is 1.44. The van der Waals surface area contributed by atoms with Crippen molar-refractivity contribution in [3.63, 3.8) is 0 Å². The molecule has 1 rings (SSSR count). The van der Waals surface area contributed by atoms with E-state index in [4.69, 9.17) is 4.74 Å². The van der Waals surface area contributed by atoms with E-state index < -0.39 is 5.97 Å². The molecule has 0 unspecified atom stereocenters. The topological polar surface area (TPSA) is 55.8 Å². The molecule has 0 saturated heterocycles. The second kappa shape index (κ2) is 4.85. The van der Waals surface area contributed by atoms with Crippen LogP contribution in [0, 0.1) is 0 Å². The van der Waals surface area contributed by atoms with Gasteiger partial charge >= 0.3 is 5.97 Å². The maximum absolute atomic E-state index is 11.3. The largest absolute Gasteiger partial charge is 0.506 e. The van der Waals surface area contributed by atoms with Gasteiger partial charge in [-0.3, -0.25) is 0 Å². The third-order valence-corrected chi connectivity index (χ3v) is 3.08. The molecule has 0 aliphatic carbocycles. The van der Waals surface area contributed by atoms with Gasteiger partial charge in [-0.15, -0.1) is 0 Å². The number of rotatable bonds is 2. The second-order valence-corrected chi connectivity index (χ2v) is 4.24. The SMILES string of the molecule is COC(=O)c1cc(Br)c(OC)c(Br)c1O. The molecular formula is C9H8Br2O4. The molecule has 1 aromatic rings. The third-order valence-electron chi connectivity index (χ3n) is 1.76. The van der Waals surface area contributed by atoms with Gasteiger partial charge in [0.25, 0.3) is 0 Å². The summed E-state index contributed by atoms with van der Waals surface area (Å²) in [7, 11) is 2.70. The van der Waals surface area contributed by atoms with Crippen LogP contribution in [-0.2, 0) is 4.74 Å². The lowest BCUT2D eigenvalue weighted by atomic mass is 10.2. The molecule has 0 amide bonds. The van der Waals surface area contributed by atoms with Crippen LogP contribution in [0.5, 0.6) is 11.5 Å². The smallest absolute Gasteiger partial charge is 0.341 e. The van der Waals surface area contributed by atoms with Gasteiger partial charge < -0.3 is 14.6 Å². The monoisotopic (exact) mass is 338 g/mol. The Morgan fingerprint density at radius 2 is 2.00 bits per heavy atom. The lowest BCUT2D eigenvalue weighted by Crippen LogP contribution is -2.02. The molecule has 0 saturated carbocycles. The molecule has 0 heterocycles. The van der Waals surface area contributed by atoms with E-state index in [2.05, 4.69) is 36.6 Å². The van der Waals surface area contributed by atoms with E-state index in [0.717, 1.165) is 0 Å². The lowest BCUT2D eigenvalue weighted by Gasteiger charge is -2.10. The van der Waals surface area contributed by atoms with Crippen LogP contribution in [0.2, 0.25) is 0 Å². The van der Waals surface area contributed by atoms with E-state index in [0.29, 0.717) is 14.7 Å². The minimum atomic E-state index is -0.614. The number of hydrogen-bond acceptors (Lipinski definition) is 4. The Bertz CT molecular complexity index is 404. The summed E-state index contributed by atoms with van der Waals surface area (Å²) >= 11 is 6.34. The number of carbonyl (C=O) groups excluding carboxylic acids is 1. The van der Waals surface area contributed by atoms with Crippen LogP contribution in [0.15, 0.2) is 15.0 Å². The first-order valence-electron chi connectivity index (χ1n) is 3.86. The van der Waals surface area contributed by atoms with Gasteiger partial charge in [-0.05, 0) is 37.9 Å². The second-order valence-electron chi connectivity index (χ2n) is 2.59. The van der Waals surface area contributed by atoms with Crippen LogP contribution in [0.25, 0.3) is 0 Å². The van der Waals surface area contributed by atoms with Crippen molar-refractivity contribution in [2.45, 2.75) is 0 Å². The minimum Gasteiger partial charge on any atom is -0.506 e. The zero-order valence-corrected chi connectivity index (χ0v) is 11.2. The molecule has 0 atom stereocenters. The Balaban J connectivity index is 3.40. The highest BCUT2D eigenvalue weighted by Gasteiger charge is 2.20. The van der Waals surface area contributed by atoms with Gasteiger partial charge in [0, 0.05) is 0 Å².